The molecule has 0 N–H and O–H groups in total. The first-order valence-corrected chi connectivity index (χ1v) is 3.64. The van der Waals surface area contributed by atoms with Crippen molar-refractivity contribution < 1.29 is 9.53 Å². The maximum Gasteiger partial charge on any atom is 0.338 e. The average Bonchev–Trinajstić information content (AvgIpc) is 1.99. The van der Waals surface area contributed by atoms with Crippen molar-refractivity contribution >= 4 is 5.97 Å². The highest BCUT2D eigenvalue weighted by Crippen LogP contribution is 2.05. The number of allylic oxidation sites excluding steroid dienone is 2. The van der Waals surface area contributed by atoms with Crippen LogP contribution in [0.5, 0.6) is 0 Å². The van der Waals surface area contributed by atoms with Crippen molar-refractivity contribution in [3.63, 3.8) is 0 Å². The summed E-state index contributed by atoms with van der Waals surface area (Å²) < 4.78 is 4.93. The zero-order valence-electron chi connectivity index (χ0n) is 7.31. The molecule has 0 amide bonds. The van der Waals surface area contributed by atoms with Gasteiger partial charge in [0, 0.05) is 12.0 Å². The normalized spacial score (nSPS) is 11.0. The summed E-state index contributed by atoms with van der Waals surface area (Å²) in [5, 5.41) is 0. The molecule has 0 atom stereocenters. The van der Waals surface area contributed by atoms with Gasteiger partial charge in [-0.1, -0.05) is 13.5 Å². The van der Waals surface area contributed by atoms with E-state index in [0.29, 0.717) is 11.3 Å². The monoisotopic (exact) mass is 154 g/mol. The predicted octanol–water partition coefficient (Wildman–Crippen LogP) is 2.42. The number of hydrogen-bond acceptors (Lipinski definition) is 2. The Bertz CT molecular complexity index is 190. The van der Waals surface area contributed by atoms with Crippen LogP contribution >= 0.6 is 0 Å². The van der Waals surface area contributed by atoms with Crippen LogP contribution in [0.25, 0.3) is 0 Å². The number of ether oxygens (including phenoxy) is 1. The van der Waals surface area contributed by atoms with E-state index in [4.69, 9.17) is 4.74 Å². The fourth-order valence-corrected chi connectivity index (χ4v) is 0.541. The van der Waals surface area contributed by atoms with Crippen LogP contribution in [0, 0.1) is 0 Å². The largest absolute Gasteiger partial charge is 0.428 e. The van der Waals surface area contributed by atoms with Gasteiger partial charge < -0.3 is 4.74 Å². The third kappa shape index (κ3) is 3.61. The van der Waals surface area contributed by atoms with Gasteiger partial charge in [-0.2, -0.15) is 0 Å². The van der Waals surface area contributed by atoms with E-state index in [1.165, 1.54) is 0 Å². The molecule has 0 saturated heterocycles. The molecule has 0 aliphatic heterocycles. The van der Waals surface area contributed by atoms with Crippen LogP contribution in [0.1, 0.15) is 27.2 Å². The van der Waals surface area contributed by atoms with Gasteiger partial charge in [-0.3, -0.25) is 0 Å². The zero-order chi connectivity index (χ0) is 8.85. The number of esters is 1. The van der Waals surface area contributed by atoms with Crippen molar-refractivity contribution in [2.24, 2.45) is 0 Å². The number of rotatable bonds is 3. The minimum absolute atomic E-state index is 0.347. The molecule has 2 nitrogen and oxygen atoms in total. The lowest BCUT2D eigenvalue weighted by atomic mass is 10.3. The summed E-state index contributed by atoms with van der Waals surface area (Å²) in [6.45, 7) is 8.87. The highest BCUT2D eigenvalue weighted by atomic mass is 16.5. The Morgan fingerprint density at radius 3 is 2.45 bits per heavy atom. The third-order valence-electron chi connectivity index (χ3n) is 1.24. The van der Waals surface area contributed by atoms with Gasteiger partial charge in [0.2, 0.25) is 0 Å². The van der Waals surface area contributed by atoms with E-state index in [2.05, 4.69) is 6.58 Å². The summed E-state index contributed by atoms with van der Waals surface area (Å²) >= 11 is 0. The van der Waals surface area contributed by atoms with E-state index < -0.39 is 0 Å². The SMILES string of the molecule is C=C(C)C(=O)OC(=CC)CC. The van der Waals surface area contributed by atoms with Crippen LogP contribution in [0.3, 0.4) is 0 Å². The third-order valence-corrected chi connectivity index (χ3v) is 1.24. The maximum absolute atomic E-state index is 10.9. The van der Waals surface area contributed by atoms with E-state index in [1.54, 1.807) is 13.0 Å². The molecule has 0 aliphatic rings. The van der Waals surface area contributed by atoms with Crippen LogP contribution < -0.4 is 0 Å². The van der Waals surface area contributed by atoms with Gasteiger partial charge in [-0.25, -0.2) is 4.79 Å². The first-order chi connectivity index (χ1) is 5.11. The topological polar surface area (TPSA) is 26.3 Å². The van der Waals surface area contributed by atoms with Crippen LogP contribution in [0.4, 0.5) is 0 Å². The van der Waals surface area contributed by atoms with Gasteiger partial charge in [0.25, 0.3) is 0 Å². The Kier molecular flexibility index (Phi) is 4.27. The summed E-state index contributed by atoms with van der Waals surface area (Å²) in [6, 6.07) is 0. The Hall–Kier alpha value is -1.05. The quantitative estimate of drug-likeness (QED) is 0.354. The zero-order valence-corrected chi connectivity index (χ0v) is 7.31. The van der Waals surface area contributed by atoms with Crippen LogP contribution in [-0.4, -0.2) is 5.97 Å². The molecule has 0 unspecified atom stereocenters. The van der Waals surface area contributed by atoms with Gasteiger partial charge in [-0.15, -0.1) is 0 Å². The van der Waals surface area contributed by atoms with Crippen molar-refractivity contribution in [3.05, 3.63) is 24.0 Å². The first kappa shape index (κ1) is 9.95. The fraction of sp³-hybridized carbons (Fsp3) is 0.444. The molecule has 0 heterocycles. The molecule has 62 valence electrons. The van der Waals surface area contributed by atoms with Crippen molar-refractivity contribution in [2.45, 2.75) is 27.2 Å². The molecule has 0 aromatic rings. The molecule has 0 bridgehead atoms. The Morgan fingerprint density at radius 2 is 2.18 bits per heavy atom. The lowest BCUT2D eigenvalue weighted by Crippen LogP contribution is -2.03. The molecule has 0 spiro atoms. The second-order valence-corrected chi connectivity index (χ2v) is 2.28. The Balaban J connectivity index is 4.04. The van der Waals surface area contributed by atoms with E-state index in [0.717, 1.165) is 6.42 Å². The van der Waals surface area contributed by atoms with Crippen LogP contribution in [0.15, 0.2) is 24.0 Å². The van der Waals surface area contributed by atoms with Gasteiger partial charge in [-0.05, 0) is 19.9 Å². The minimum atomic E-state index is -0.347. The second kappa shape index (κ2) is 4.72. The number of carbonyl (C=O) groups excluding carboxylic acids is 1. The molecule has 0 aliphatic carbocycles. The Labute approximate surface area is 67.6 Å². The molecule has 0 saturated carbocycles. The minimum Gasteiger partial charge on any atom is -0.428 e. The van der Waals surface area contributed by atoms with Gasteiger partial charge in [0.1, 0.15) is 5.76 Å². The summed E-state index contributed by atoms with van der Waals surface area (Å²) in [4.78, 5) is 10.9. The van der Waals surface area contributed by atoms with E-state index in [-0.39, 0.29) is 5.97 Å². The standard InChI is InChI=1S/C9H14O2/c1-5-8(6-2)11-9(10)7(3)4/h5H,3,6H2,1-2,4H3. The number of carbonyl (C=O) groups is 1. The van der Waals surface area contributed by atoms with Crippen molar-refractivity contribution in [2.75, 3.05) is 0 Å². The van der Waals surface area contributed by atoms with Crippen molar-refractivity contribution in [1.29, 1.82) is 0 Å². The highest BCUT2D eigenvalue weighted by molar-refractivity contribution is 5.87. The molecule has 0 radical (unpaired) electrons. The van der Waals surface area contributed by atoms with Crippen LogP contribution in [-0.2, 0) is 9.53 Å². The lowest BCUT2D eigenvalue weighted by Gasteiger charge is -2.04. The first-order valence-electron chi connectivity index (χ1n) is 3.64. The molecular weight excluding hydrogens is 140 g/mol. The molecular formula is C9H14O2. The maximum atomic E-state index is 10.9. The van der Waals surface area contributed by atoms with E-state index >= 15 is 0 Å². The van der Waals surface area contributed by atoms with E-state index in [1.807, 2.05) is 13.8 Å². The Morgan fingerprint density at radius 1 is 1.64 bits per heavy atom. The second-order valence-electron chi connectivity index (χ2n) is 2.28. The van der Waals surface area contributed by atoms with Gasteiger partial charge in [0.15, 0.2) is 0 Å². The van der Waals surface area contributed by atoms with Crippen LogP contribution in [0.2, 0.25) is 0 Å². The molecule has 0 fully saturated rings. The molecule has 0 rings (SSSR count). The molecule has 11 heavy (non-hydrogen) atoms. The lowest BCUT2D eigenvalue weighted by molar-refractivity contribution is -0.135. The van der Waals surface area contributed by atoms with Gasteiger partial charge >= 0.3 is 5.97 Å². The van der Waals surface area contributed by atoms with Gasteiger partial charge in [0.05, 0.1) is 0 Å². The average molecular weight is 154 g/mol. The highest BCUT2D eigenvalue weighted by Gasteiger charge is 2.04. The van der Waals surface area contributed by atoms with Crippen molar-refractivity contribution in [1.82, 2.24) is 0 Å². The summed E-state index contributed by atoms with van der Waals surface area (Å²) in [7, 11) is 0. The smallest absolute Gasteiger partial charge is 0.338 e. The predicted molar refractivity (Wildman–Crippen MR) is 45.0 cm³/mol. The van der Waals surface area contributed by atoms with Crippen molar-refractivity contribution in [3.8, 4) is 0 Å². The van der Waals surface area contributed by atoms with E-state index in [9.17, 15) is 4.79 Å². The molecule has 2 heteroatoms. The summed E-state index contributed by atoms with van der Waals surface area (Å²) in [6.07, 6.45) is 2.51. The fourth-order valence-electron chi connectivity index (χ4n) is 0.541. The molecule has 0 aromatic heterocycles. The summed E-state index contributed by atoms with van der Waals surface area (Å²) in [5.74, 6) is 0.345. The number of hydrogen-bond donors (Lipinski definition) is 0. The molecule has 0 aromatic carbocycles. The summed E-state index contributed by atoms with van der Waals surface area (Å²) in [5.41, 5.74) is 0.429.